The number of aryl methyl sites for hydroxylation is 5. The number of hydrogen-bond donors (Lipinski definition) is 0. The molecule has 0 spiro atoms. The molecule has 0 saturated carbocycles. The fraction of sp³-hybridized carbons (Fsp3) is 0.200. The van der Waals surface area contributed by atoms with Crippen LogP contribution in [0.2, 0.25) is 0 Å². The molecule has 0 radical (unpaired) electrons. The predicted octanol–water partition coefficient (Wildman–Crippen LogP) is 7.12. The highest BCUT2D eigenvalue weighted by atomic mass is 15.0. The van der Waals surface area contributed by atoms with Crippen LogP contribution in [0.25, 0.3) is 45.4 Å². The Morgan fingerprint density at radius 1 is 0.649 bits per heavy atom. The maximum Gasteiger partial charge on any atom is 0.221 e. The smallest absolute Gasteiger partial charge is 0.198 e. The van der Waals surface area contributed by atoms with Gasteiger partial charge in [0.2, 0.25) is 11.4 Å². The van der Waals surface area contributed by atoms with Gasteiger partial charge in [0.05, 0.1) is 16.5 Å². The van der Waals surface area contributed by atoms with Crippen molar-refractivity contribution in [3.8, 4) is 22.5 Å². The third-order valence-electron chi connectivity index (χ3n) is 8.10. The van der Waals surface area contributed by atoms with Crippen molar-refractivity contribution in [2.24, 2.45) is 0 Å². The molecule has 0 unspecified atom stereocenters. The van der Waals surface area contributed by atoms with E-state index in [0.717, 1.165) is 32.4 Å². The van der Waals surface area contributed by atoms with E-state index < -0.39 is 0 Å². The maximum atomic E-state index is 2.50. The van der Waals surface area contributed by atoms with Gasteiger partial charge in [-0.25, -0.2) is 0 Å². The summed E-state index contributed by atoms with van der Waals surface area (Å²) in [5.74, 6) is 0. The number of pyridine rings is 2. The maximum absolute atomic E-state index is 2.50. The van der Waals surface area contributed by atoms with Crippen LogP contribution in [0.4, 0.5) is 0 Å². The Bertz CT molecular complexity index is 1670. The highest BCUT2D eigenvalue weighted by Crippen LogP contribution is 2.41. The van der Waals surface area contributed by atoms with Gasteiger partial charge in [-0.1, -0.05) is 72.3 Å². The molecular formula is C35H32N2+2. The SMILES string of the molecule is Cc1ccc(/C=C/c2cc[n+]3c(c2)-c2c(ccc4c2-c2c5ccccc5cc[n+]2CCC4)CCC3)cc1. The zero-order chi connectivity index (χ0) is 24.8. The molecule has 2 nitrogen and oxygen atoms in total. The van der Waals surface area contributed by atoms with Gasteiger partial charge in [0.15, 0.2) is 12.4 Å². The molecular weight excluding hydrogens is 448 g/mol. The number of fused-ring (bicyclic) bond motifs is 9. The van der Waals surface area contributed by atoms with E-state index in [-0.39, 0.29) is 0 Å². The van der Waals surface area contributed by atoms with Gasteiger partial charge in [0, 0.05) is 31.0 Å². The van der Waals surface area contributed by atoms with Crippen molar-refractivity contribution in [2.75, 3.05) is 0 Å². The van der Waals surface area contributed by atoms with E-state index in [9.17, 15) is 0 Å². The summed E-state index contributed by atoms with van der Waals surface area (Å²) in [6.07, 6.45) is 13.7. The Labute approximate surface area is 219 Å². The molecule has 180 valence electrons. The van der Waals surface area contributed by atoms with Gasteiger partial charge in [-0.3, -0.25) is 0 Å². The third-order valence-corrected chi connectivity index (χ3v) is 8.10. The molecule has 0 amide bonds. The second-order valence-corrected chi connectivity index (χ2v) is 10.6. The molecule has 3 aromatic carbocycles. The Morgan fingerprint density at radius 3 is 2.19 bits per heavy atom. The van der Waals surface area contributed by atoms with Crippen LogP contribution in [0.3, 0.4) is 0 Å². The highest BCUT2D eigenvalue weighted by Gasteiger charge is 2.32. The van der Waals surface area contributed by atoms with Crippen LogP contribution in [-0.2, 0) is 25.9 Å². The summed E-state index contributed by atoms with van der Waals surface area (Å²) in [5.41, 5.74) is 12.3. The molecule has 0 atom stereocenters. The van der Waals surface area contributed by atoms with Crippen molar-refractivity contribution in [3.05, 3.63) is 119 Å². The molecule has 7 rings (SSSR count). The van der Waals surface area contributed by atoms with Crippen molar-refractivity contribution in [1.29, 1.82) is 0 Å². The number of hydrogen-bond acceptors (Lipinski definition) is 0. The van der Waals surface area contributed by atoms with Crippen molar-refractivity contribution < 1.29 is 9.13 Å². The molecule has 0 bridgehead atoms. The van der Waals surface area contributed by atoms with E-state index in [1.807, 2.05) is 0 Å². The van der Waals surface area contributed by atoms with Gasteiger partial charge < -0.3 is 0 Å². The number of rotatable bonds is 2. The Morgan fingerprint density at radius 2 is 1.35 bits per heavy atom. The number of benzene rings is 3. The first-order valence-corrected chi connectivity index (χ1v) is 13.6. The summed E-state index contributed by atoms with van der Waals surface area (Å²) in [6, 6.07) is 29.4. The van der Waals surface area contributed by atoms with Gasteiger partial charge in [-0.2, -0.15) is 9.13 Å². The Kier molecular flexibility index (Phi) is 5.47. The molecule has 2 heteroatoms. The fourth-order valence-electron chi connectivity index (χ4n) is 6.20. The first-order valence-electron chi connectivity index (χ1n) is 13.6. The summed E-state index contributed by atoms with van der Waals surface area (Å²) < 4.78 is 4.99. The lowest BCUT2D eigenvalue weighted by atomic mass is 9.87. The first kappa shape index (κ1) is 22.2. The fourth-order valence-corrected chi connectivity index (χ4v) is 6.20. The standard InChI is InChI=1S/C35H32N2/c1-25-10-12-26(13-11-25)14-15-27-18-22-36-20-4-7-29-16-17-30-8-5-21-37-23-19-28-6-2-3-9-31(28)35(37)34(30)33(29)32(36)24-27/h2-3,6,9-19,22-24H,4-5,7-8,20-21H2,1H3/q+2/b15-14+. The minimum Gasteiger partial charge on any atom is -0.198 e. The average Bonchev–Trinajstić information content (AvgIpc) is 3.24. The second-order valence-electron chi connectivity index (χ2n) is 10.6. The molecule has 37 heavy (non-hydrogen) atoms. The number of nitrogens with zero attached hydrogens (tertiary/aromatic N) is 2. The minimum absolute atomic E-state index is 1.05. The van der Waals surface area contributed by atoms with Crippen LogP contribution in [0.1, 0.15) is 40.7 Å². The minimum atomic E-state index is 1.05. The van der Waals surface area contributed by atoms with E-state index in [4.69, 9.17) is 0 Å². The van der Waals surface area contributed by atoms with E-state index in [0.29, 0.717) is 0 Å². The lowest BCUT2D eigenvalue weighted by Crippen LogP contribution is -2.36. The van der Waals surface area contributed by atoms with Crippen molar-refractivity contribution >= 4 is 22.9 Å². The van der Waals surface area contributed by atoms with Gasteiger partial charge >= 0.3 is 0 Å². The van der Waals surface area contributed by atoms with Gasteiger partial charge in [0.1, 0.15) is 13.1 Å². The van der Waals surface area contributed by atoms with Crippen LogP contribution >= 0.6 is 0 Å². The molecule has 5 aromatic rings. The van der Waals surface area contributed by atoms with Gasteiger partial charge in [-0.05, 0) is 53.5 Å². The van der Waals surface area contributed by atoms with Crippen molar-refractivity contribution in [2.45, 2.75) is 45.7 Å². The van der Waals surface area contributed by atoms with E-state index >= 15 is 0 Å². The molecule has 0 aliphatic carbocycles. The first-order chi connectivity index (χ1) is 18.2. The molecule has 4 heterocycles. The second kappa shape index (κ2) is 9.12. The van der Waals surface area contributed by atoms with Crippen LogP contribution in [0.5, 0.6) is 0 Å². The zero-order valence-corrected chi connectivity index (χ0v) is 21.5. The Hall–Kier alpha value is -4.04. The van der Waals surface area contributed by atoms with E-state index in [1.54, 1.807) is 0 Å². The van der Waals surface area contributed by atoms with E-state index in [1.165, 1.54) is 67.5 Å². The van der Waals surface area contributed by atoms with E-state index in [2.05, 4.69) is 119 Å². The highest BCUT2D eigenvalue weighted by molar-refractivity contribution is 5.98. The topological polar surface area (TPSA) is 7.76 Å². The molecule has 0 saturated heterocycles. The summed E-state index contributed by atoms with van der Waals surface area (Å²) in [5, 5.41) is 2.67. The lowest BCUT2D eigenvalue weighted by molar-refractivity contribution is -0.686. The summed E-state index contributed by atoms with van der Waals surface area (Å²) >= 11 is 0. The van der Waals surface area contributed by atoms with Gasteiger partial charge in [-0.15, -0.1) is 0 Å². The zero-order valence-electron chi connectivity index (χ0n) is 21.5. The Balaban J connectivity index is 1.46. The van der Waals surface area contributed by atoms with Crippen molar-refractivity contribution in [3.63, 3.8) is 0 Å². The molecule has 2 aliphatic rings. The molecule has 2 aromatic heterocycles. The normalized spacial score (nSPS) is 14.4. The van der Waals surface area contributed by atoms with Gasteiger partial charge in [0.25, 0.3) is 0 Å². The van der Waals surface area contributed by atoms with Crippen LogP contribution in [0, 0.1) is 6.92 Å². The van der Waals surface area contributed by atoms with Crippen LogP contribution < -0.4 is 9.13 Å². The average molecular weight is 481 g/mol. The predicted molar refractivity (Wildman–Crippen MR) is 152 cm³/mol. The summed E-state index contributed by atoms with van der Waals surface area (Å²) in [7, 11) is 0. The van der Waals surface area contributed by atoms with Crippen LogP contribution in [-0.4, -0.2) is 0 Å². The molecule has 0 N–H and O–H groups in total. The van der Waals surface area contributed by atoms with Crippen molar-refractivity contribution in [1.82, 2.24) is 0 Å². The number of aromatic nitrogens is 2. The molecule has 0 fully saturated rings. The monoisotopic (exact) mass is 480 g/mol. The van der Waals surface area contributed by atoms with Crippen LogP contribution in [0.15, 0.2) is 91.3 Å². The lowest BCUT2D eigenvalue weighted by Gasteiger charge is -2.15. The third kappa shape index (κ3) is 3.97. The largest absolute Gasteiger partial charge is 0.221 e. The quantitative estimate of drug-likeness (QED) is 0.238. The molecule has 2 aliphatic heterocycles. The summed E-state index contributed by atoms with van der Waals surface area (Å²) in [6.45, 7) is 4.25. The summed E-state index contributed by atoms with van der Waals surface area (Å²) in [4.78, 5) is 0.